The van der Waals surface area contributed by atoms with Crippen LogP contribution in [0.5, 0.6) is 0 Å². The second-order valence-corrected chi connectivity index (χ2v) is 3.10. The van der Waals surface area contributed by atoms with E-state index in [1.54, 1.807) is 0 Å². The lowest BCUT2D eigenvalue weighted by atomic mass is 9.81. The summed E-state index contributed by atoms with van der Waals surface area (Å²) in [5.74, 6) is 0. The van der Waals surface area contributed by atoms with Crippen LogP contribution in [0.4, 0.5) is 12.9 Å². The molecule has 12 heavy (non-hydrogen) atoms. The Hall–Kier alpha value is -0.445. The fourth-order valence-corrected chi connectivity index (χ4v) is 0.857. The van der Waals surface area contributed by atoms with Crippen LogP contribution < -0.4 is 0 Å². The average molecular weight is 179 g/mol. The van der Waals surface area contributed by atoms with E-state index in [-0.39, 0.29) is 12.7 Å². The average Bonchev–Trinajstić information content (AvgIpc) is 1.81. The van der Waals surface area contributed by atoms with Gasteiger partial charge in [0.25, 0.3) is 0 Å². The standard InChI is InChI=1S/C7H11BF3O/c1-6(8(9,10)11)5-12-7-3-2-4-7/h7H,1-5H2/q-1. The van der Waals surface area contributed by atoms with Crippen LogP contribution in [-0.4, -0.2) is 19.7 Å². The van der Waals surface area contributed by atoms with E-state index < -0.39 is 12.4 Å². The van der Waals surface area contributed by atoms with Crippen molar-refractivity contribution in [3.8, 4) is 0 Å². The largest absolute Gasteiger partial charge is 0.507 e. The summed E-state index contributed by atoms with van der Waals surface area (Å²) in [5.41, 5.74) is -0.734. The molecule has 0 aromatic heterocycles. The number of halogens is 3. The molecule has 0 spiro atoms. The van der Waals surface area contributed by atoms with Gasteiger partial charge in [0.2, 0.25) is 0 Å². The molecule has 1 aliphatic rings. The molecule has 0 N–H and O–H groups in total. The molecule has 1 nitrogen and oxygen atoms in total. The first-order chi connectivity index (χ1) is 5.50. The minimum absolute atomic E-state index is 0.0416. The Labute approximate surface area is 69.6 Å². The van der Waals surface area contributed by atoms with Gasteiger partial charge in [0, 0.05) is 6.61 Å². The van der Waals surface area contributed by atoms with Crippen LogP contribution in [0, 0.1) is 0 Å². The molecule has 70 valence electrons. The SMILES string of the molecule is C=C(COC1CCC1)[B-](F)(F)F. The van der Waals surface area contributed by atoms with Crippen molar-refractivity contribution in [1.82, 2.24) is 0 Å². The predicted octanol–water partition coefficient (Wildman–Crippen LogP) is 2.50. The second kappa shape index (κ2) is 3.52. The molecule has 0 heterocycles. The van der Waals surface area contributed by atoms with Crippen molar-refractivity contribution in [2.75, 3.05) is 6.61 Å². The van der Waals surface area contributed by atoms with Crippen LogP contribution in [-0.2, 0) is 4.74 Å². The Kier molecular flexibility index (Phi) is 2.83. The summed E-state index contributed by atoms with van der Waals surface area (Å²) in [7, 11) is 0. The Bertz CT molecular complexity index is 174. The molecule has 0 aliphatic heterocycles. The molecule has 0 unspecified atom stereocenters. The highest BCUT2D eigenvalue weighted by molar-refractivity contribution is 6.66. The Morgan fingerprint density at radius 2 is 2.00 bits per heavy atom. The van der Waals surface area contributed by atoms with E-state index in [4.69, 9.17) is 4.74 Å². The summed E-state index contributed by atoms with van der Waals surface area (Å²) in [5, 5.41) is 0. The van der Waals surface area contributed by atoms with E-state index in [0.29, 0.717) is 0 Å². The monoisotopic (exact) mass is 179 g/mol. The summed E-state index contributed by atoms with van der Waals surface area (Å²) >= 11 is 0. The normalized spacial score (nSPS) is 18.9. The minimum Gasteiger partial charge on any atom is -0.445 e. The van der Waals surface area contributed by atoms with Crippen molar-refractivity contribution in [1.29, 1.82) is 0 Å². The third-order valence-corrected chi connectivity index (χ3v) is 2.02. The van der Waals surface area contributed by atoms with Crippen molar-refractivity contribution in [2.24, 2.45) is 0 Å². The van der Waals surface area contributed by atoms with Crippen LogP contribution in [0.1, 0.15) is 19.3 Å². The summed E-state index contributed by atoms with van der Waals surface area (Å²) in [6.45, 7) is -2.32. The van der Waals surface area contributed by atoms with E-state index >= 15 is 0 Å². The van der Waals surface area contributed by atoms with Gasteiger partial charge in [0.05, 0.1) is 6.10 Å². The molecule has 1 aliphatic carbocycles. The first kappa shape index (κ1) is 9.64. The third-order valence-electron chi connectivity index (χ3n) is 2.02. The van der Waals surface area contributed by atoms with Crippen molar-refractivity contribution < 1.29 is 17.7 Å². The molecule has 0 saturated heterocycles. The van der Waals surface area contributed by atoms with Crippen LogP contribution in [0.3, 0.4) is 0 Å². The number of hydrogen-bond donors (Lipinski definition) is 0. The second-order valence-electron chi connectivity index (χ2n) is 3.10. The Morgan fingerprint density at radius 3 is 2.33 bits per heavy atom. The highest BCUT2D eigenvalue weighted by Gasteiger charge is 2.28. The first-order valence-electron chi connectivity index (χ1n) is 3.99. The minimum atomic E-state index is -4.90. The lowest BCUT2D eigenvalue weighted by Crippen LogP contribution is -2.27. The van der Waals surface area contributed by atoms with Crippen LogP contribution in [0.25, 0.3) is 0 Å². The predicted molar refractivity (Wildman–Crippen MR) is 41.8 cm³/mol. The highest BCUT2D eigenvalue weighted by atomic mass is 19.4. The van der Waals surface area contributed by atoms with Crippen LogP contribution >= 0.6 is 0 Å². The zero-order valence-electron chi connectivity index (χ0n) is 6.73. The first-order valence-corrected chi connectivity index (χ1v) is 3.99. The molecule has 0 amide bonds. The summed E-state index contributed by atoms with van der Waals surface area (Å²) in [4.78, 5) is 0. The van der Waals surface area contributed by atoms with Gasteiger partial charge < -0.3 is 17.7 Å². The molecular weight excluding hydrogens is 168 g/mol. The van der Waals surface area contributed by atoms with Gasteiger partial charge in [-0.15, -0.1) is 12.1 Å². The summed E-state index contributed by atoms with van der Waals surface area (Å²) < 4.78 is 40.7. The Morgan fingerprint density at radius 1 is 1.42 bits per heavy atom. The molecule has 0 atom stereocenters. The van der Waals surface area contributed by atoms with Gasteiger partial charge in [-0.3, -0.25) is 0 Å². The van der Waals surface area contributed by atoms with E-state index in [0.717, 1.165) is 19.3 Å². The van der Waals surface area contributed by atoms with Crippen molar-refractivity contribution in [3.05, 3.63) is 12.1 Å². The fourth-order valence-electron chi connectivity index (χ4n) is 0.857. The van der Waals surface area contributed by atoms with Gasteiger partial charge in [-0.25, -0.2) is 0 Å². The molecule has 1 saturated carbocycles. The van der Waals surface area contributed by atoms with Gasteiger partial charge in [0.1, 0.15) is 0 Å². The van der Waals surface area contributed by atoms with Crippen LogP contribution in [0.2, 0.25) is 0 Å². The van der Waals surface area contributed by atoms with Gasteiger partial charge in [0.15, 0.2) is 0 Å². The lowest BCUT2D eigenvalue weighted by Gasteiger charge is -2.27. The van der Waals surface area contributed by atoms with Gasteiger partial charge in [-0.05, 0) is 19.3 Å². The quantitative estimate of drug-likeness (QED) is 0.602. The molecule has 1 fully saturated rings. The Balaban J connectivity index is 2.17. The smallest absolute Gasteiger partial charge is 0.445 e. The van der Waals surface area contributed by atoms with Crippen molar-refractivity contribution >= 4 is 6.98 Å². The topological polar surface area (TPSA) is 9.23 Å². The van der Waals surface area contributed by atoms with E-state index in [1.165, 1.54) is 0 Å². The van der Waals surface area contributed by atoms with E-state index in [2.05, 4.69) is 6.58 Å². The van der Waals surface area contributed by atoms with E-state index in [9.17, 15) is 12.9 Å². The zero-order valence-corrected chi connectivity index (χ0v) is 6.73. The molecule has 0 aromatic rings. The summed E-state index contributed by atoms with van der Waals surface area (Å²) in [6, 6.07) is 0. The molecular formula is C7H11BF3O-. The summed E-state index contributed by atoms with van der Waals surface area (Å²) in [6.07, 6.45) is 2.88. The van der Waals surface area contributed by atoms with Gasteiger partial charge in [-0.1, -0.05) is 0 Å². The molecule has 0 bridgehead atoms. The number of ether oxygens (including phenoxy) is 1. The maximum absolute atomic E-state index is 11.9. The molecule has 5 heteroatoms. The van der Waals surface area contributed by atoms with Crippen molar-refractivity contribution in [2.45, 2.75) is 25.4 Å². The van der Waals surface area contributed by atoms with Crippen LogP contribution in [0.15, 0.2) is 12.1 Å². The van der Waals surface area contributed by atoms with E-state index in [1.807, 2.05) is 0 Å². The maximum atomic E-state index is 11.9. The van der Waals surface area contributed by atoms with Crippen molar-refractivity contribution in [3.63, 3.8) is 0 Å². The van der Waals surface area contributed by atoms with Gasteiger partial charge in [-0.2, -0.15) is 0 Å². The fraction of sp³-hybridized carbons (Fsp3) is 0.714. The lowest BCUT2D eigenvalue weighted by molar-refractivity contribution is 0.0162. The molecule has 1 rings (SSSR count). The number of hydrogen-bond acceptors (Lipinski definition) is 1. The maximum Gasteiger partial charge on any atom is 0.507 e. The molecule has 0 aromatic carbocycles. The van der Waals surface area contributed by atoms with Gasteiger partial charge >= 0.3 is 6.98 Å². The third kappa shape index (κ3) is 2.55. The highest BCUT2D eigenvalue weighted by Crippen LogP contribution is 2.24. The zero-order chi connectivity index (χ0) is 9.19. The number of rotatable bonds is 4. The molecule has 0 radical (unpaired) electrons.